The van der Waals surface area contributed by atoms with E-state index in [9.17, 15) is 4.79 Å². The van der Waals surface area contributed by atoms with Crippen molar-refractivity contribution in [3.05, 3.63) is 33.4 Å². The fourth-order valence-electron chi connectivity index (χ4n) is 2.11. The van der Waals surface area contributed by atoms with Crippen LogP contribution in [0.2, 0.25) is 0 Å². The molecule has 18 heavy (non-hydrogen) atoms. The molecule has 2 rings (SSSR count). The molecule has 1 heterocycles. The van der Waals surface area contributed by atoms with Gasteiger partial charge in [0.1, 0.15) is 0 Å². The van der Waals surface area contributed by atoms with Crippen LogP contribution in [0.4, 0.5) is 0 Å². The van der Waals surface area contributed by atoms with Crippen molar-refractivity contribution in [3.8, 4) is 0 Å². The smallest absolute Gasteiger partial charge is 0.304 e. The van der Waals surface area contributed by atoms with Gasteiger partial charge >= 0.3 is 5.97 Å². The second-order valence-corrected chi connectivity index (χ2v) is 6.82. The van der Waals surface area contributed by atoms with Crippen molar-refractivity contribution in [1.29, 1.82) is 0 Å². The lowest BCUT2D eigenvalue weighted by atomic mass is 10.1. The number of benzene rings is 1. The van der Waals surface area contributed by atoms with Gasteiger partial charge in [0.15, 0.2) is 0 Å². The largest absolute Gasteiger partial charge is 0.481 e. The monoisotopic (exact) mass is 377 g/mol. The fourth-order valence-corrected chi connectivity index (χ4v) is 3.60. The number of carboxylic acids is 1. The van der Waals surface area contributed by atoms with Crippen LogP contribution in [0.5, 0.6) is 0 Å². The van der Waals surface area contributed by atoms with Crippen LogP contribution in [-0.4, -0.2) is 40.1 Å². The minimum Gasteiger partial charge on any atom is -0.481 e. The number of carboxylic acid groups (broad SMARTS) is 1. The Bertz CT molecular complexity index is 410. The number of rotatable bonds is 4. The predicted octanol–water partition coefficient (Wildman–Crippen LogP) is 2.68. The van der Waals surface area contributed by atoms with Gasteiger partial charge in [-0.25, -0.2) is 0 Å². The van der Waals surface area contributed by atoms with Gasteiger partial charge in [0.05, 0.1) is 6.42 Å². The van der Waals surface area contributed by atoms with Crippen molar-refractivity contribution >= 4 is 40.3 Å². The van der Waals surface area contributed by atoms with E-state index >= 15 is 0 Å². The van der Waals surface area contributed by atoms with Crippen molar-refractivity contribution in [2.45, 2.75) is 19.0 Å². The maximum atomic E-state index is 10.9. The Morgan fingerprint density at radius 1 is 1.44 bits per heavy atom. The van der Waals surface area contributed by atoms with Crippen molar-refractivity contribution in [3.63, 3.8) is 0 Å². The van der Waals surface area contributed by atoms with Crippen molar-refractivity contribution in [2.24, 2.45) is 0 Å². The highest BCUT2D eigenvalue weighted by Crippen LogP contribution is 2.21. The second-order valence-electron chi connectivity index (χ2n) is 4.42. The molecule has 1 fully saturated rings. The van der Waals surface area contributed by atoms with Crippen LogP contribution in [0.1, 0.15) is 12.0 Å². The summed E-state index contributed by atoms with van der Waals surface area (Å²) in [5.74, 6) is 1.33. The standard InChI is InChI=1S/C13H16INO2S/c14-11-3-1-10(2-4-11)8-15-5-6-18-9-12(15)7-13(16)17/h1-4,12H,5-9H2,(H,16,17). The molecule has 5 heteroatoms. The summed E-state index contributed by atoms with van der Waals surface area (Å²) in [5, 5.41) is 8.95. The van der Waals surface area contributed by atoms with E-state index in [1.54, 1.807) is 0 Å². The first-order chi connectivity index (χ1) is 8.65. The Kier molecular flexibility index (Phi) is 5.32. The molecule has 3 nitrogen and oxygen atoms in total. The number of hydrogen-bond acceptors (Lipinski definition) is 3. The molecule has 98 valence electrons. The summed E-state index contributed by atoms with van der Waals surface area (Å²) in [6.45, 7) is 1.84. The summed E-state index contributed by atoms with van der Waals surface area (Å²) in [7, 11) is 0. The summed E-state index contributed by atoms with van der Waals surface area (Å²) in [5.41, 5.74) is 1.26. The number of carbonyl (C=O) groups is 1. The number of aliphatic carboxylic acids is 1. The normalized spacial score (nSPS) is 20.8. The zero-order chi connectivity index (χ0) is 13.0. The molecule has 1 atom stereocenters. The van der Waals surface area contributed by atoms with Crippen LogP contribution in [0, 0.1) is 3.57 Å². The molecule has 0 aliphatic carbocycles. The van der Waals surface area contributed by atoms with Gasteiger partial charge in [0, 0.05) is 34.2 Å². The molecule has 0 aromatic heterocycles. The van der Waals surface area contributed by atoms with Gasteiger partial charge < -0.3 is 5.11 Å². The van der Waals surface area contributed by atoms with Gasteiger partial charge in [-0.05, 0) is 40.3 Å². The van der Waals surface area contributed by atoms with E-state index in [2.05, 4.69) is 51.8 Å². The van der Waals surface area contributed by atoms with Gasteiger partial charge in [-0.2, -0.15) is 11.8 Å². The van der Waals surface area contributed by atoms with Crippen LogP contribution in [0.15, 0.2) is 24.3 Å². The summed E-state index contributed by atoms with van der Waals surface area (Å²) in [6.07, 6.45) is 0.247. The molecular formula is C13H16INO2S. The van der Waals surface area contributed by atoms with Gasteiger partial charge in [0.25, 0.3) is 0 Å². The molecule has 1 aliphatic heterocycles. The summed E-state index contributed by atoms with van der Waals surface area (Å²) in [4.78, 5) is 13.2. The highest BCUT2D eigenvalue weighted by Gasteiger charge is 2.24. The predicted molar refractivity (Wildman–Crippen MR) is 82.9 cm³/mol. The van der Waals surface area contributed by atoms with E-state index in [4.69, 9.17) is 5.11 Å². The molecule has 0 radical (unpaired) electrons. The lowest BCUT2D eigenvalue weighted by Crippen LogP contribution is -2.42. The Morgan fingerprint density at radius 3 is 2.83 bits per heavy atom. The first-order valence-corrected chi connectivity index (χ1v) is 8.16. The first kappa shape index (κ1) is 14.1. The highest BCUT2D eigenvalue weighted by atomic mass is 127. The van der Waals surface area contributed by atoms with Crippen LogP contribution >= 0.6 is 34.4 Å². The Balaban J connectivity index is 2.00. The van der Waals surface area contributed by atoms with Gasteiger partial charge in [-0.15, -0.1) is 0 Å². The number of nitrogens with zero attached hydrogens (tertiary/aromatic N) is 1. The number of hydrogen-bond donors (Lipinski definition) is 1. The van der Waals surface area contributed by atoms with Gasteiger partial charge in [0.2, 0.25) is 0 Å². The van der Waals surface area contributed by atoms with Gasteiger partial charge in [-0.3, -0.25) is 9.69 Å². The molecule has 0 spiro atoms. The lowest BCUT2D eigenvalue weighted by Gasteiger charge is -2.34. The van der Waals surface area contributed by atoms with Crippen molar-refractivity contribution in [1.82, 2.24) is 4.90 Å². The average molecular weight is 377 g/mol. The minimum absolute atomic E-state index is 0.167. The third-order valence-corrected chi connectivity index (χ3v) is 4.87. The van der Waals surface area contributed by atoms with E-state index in [1.165, 1.54) is 9.13 Å². The molecule has 1 aromatic carbocycles. The topological polar surface area (TPSA) is 40.5 Å². The van der Waals surface area contributed by atoms with E-state index in [1.807, 2.05) is 11.8 Å². The number of thioether (sulfide) groups is 1. The maximum absolute atomic E-state index is 10.9. The summed E-state index contributed by atoms with van der Waals surface area (Å²) < 4.78 is 1.23. The van der Waals surface area contributed by atoms with Crippen molar-refractivity contribution in [2.75, 3.05) is 18.1 Å². The Labute approximate surface area is 125 Å². The zero-order valence-electron chi connectivity index (χ0n) is 10.0. The number of halogens is 1. The maximum Gasteiger partial charge on any atom is 0.304 e. The van der Waals surface area contributed by atoms with Crippen molar-refractivity contribution < 1.29 is 9.90 Å². The lowest BCUT2D eigenvalue weighted by molar-refractivity contribution is -0.138. The molecule has 0 saturated carbocycles. The molecule has 1 aliphatic rings. The van der Waals surface area contributed by atoms with Crippen LogP contribution in [0.25, 0.3) is 0 Å². The Morgan fingerprint density at radius 2 is 2.17 bits per heavy atom. The van der Waals surface area contributed by atoms with E-state index in [-0.39, 0.29) is 12.5 Å². The van der Waals surface area contributed by atoms with Crippen LogP contribution in [0.3, 0.4) is 0 Å². The highest BCUT2D eigenvalue weighted by molar-refractivity contribution is 14.1. The quantitative estimate of drug-likeness (QED) is 0.820. The van der Waals surface area contributed by atoms with Crippen LogP contribution < -0.4 is 0 Å². The van der Waals surface area contributed by atoms with E-state index in [0.717, 1.165) is 24.6 Å². The zero-order valence-corrected chi connectivity index (χ0v) is 13.0. The molecule has 1 aromatic rings. The van der Waals surface area contributed by atoms with E-state index < -0.39 is 5.97 Å². The molecule has 0 bridgehead atoms. The molecule has 1 unspecified atom stereocenters. The molecule has 1 saturated heterocycles. The SMILES string of the molecule is O=C(O)CC1CSCCN1Cc1ccc(I)cc1. The van der Waals surface area contributed by atoms with E-state index in [0.29, 0.717) is 0 Å². The summed E-state index contributed by atoms with van der Waals surface area (Å²) in [6, 6.07) is 8.62. The average Bonchev–Trinajstić information content (AvgIpc) is 2.34. The Hall–Kier alpha value is -0.270. The van der Waals surface area contributed by atoms with Crippen LogP contribution in [-0.2, 0) is 11.3 Å². The minimum atomic E-state index is -0.699. The molecular weight excluding hydrogens is 361 g/mol. The second kappa shape index (κ2) is 6.77. The molecule has 1 N–H and O–H groups in total. The van der Waals surface area contributed by atoms with Gasteiger partial charge in [-0.1, -0.05) is 12.1 Å². The third kappa shape index (κ3) is 4.13. The molecule has 0 amide bonds. The third-order valence-electron chi connectivity index (χ3n) is 3.06. The fraction of sp³-hybridized carbons (Fsp3) is 0.462. The summed E-state index contributed by atoms with van der Waals surface area (Å²) >= 11 is 4.15. The first-order valence-electron chi connectivity index (χ1n) is 5.93.